The third-order valence-corrected chi connectivity index (χ3v) is 6.07. The third-order valence-electron chi connectivity index (χ3n) is 6.07. The fraction of sp³-hybridized carbons (Fsp3) is 0.882. The molecule has 1 saturated heterocycles. The minimum absolute atomic E-state index is 0. The summed E-state index contributed by atoms with van der Waals surface area (Å²) in [4.78, 5) is 24.0. The van der Waals surface area contributed by atoms with Gasteiger partial charge in [0.1, 0.15) is 0 Å². The molecule has 1 aliphatic heterocycles. The van der Waals surface area contributed by atoms with Crippen LogP contribution in [0.4, 0.5) is 0 Å². The average Bonchev–Trinajstić information content (AvgIpc) is 3.21. The first-order chi connectivity index (χ1) is 10.6. The number of primary amides is 1. The van der Waals surface area contributed by atoms with Crippen LogP contribution in [0, 0.1) is 17.3 Å². The SMILES string of the molecule is Cl.NC(=O)CC(NC(=O)C1CC12CCNCC2)C1CCCCC1. The second kappa shape index (κ2) is 7.84. The highest BCUT2D eigenvalue weighted by atomic mass is 35.5. The summed E-state index contributed by atoms with van der Waals surface area (Å²) < 4.78 is 0. The number of halogens is 1. The smallest absolute Gasteiger partial charge is 0.223 e. The van der Waals surface area contributed by atoms with Gasteiger partial charge in [-0.1, -0.05) is 19.3 Å². The fourth-order valence-electron chi connectivity index (χ4n) is 4.57. The molecule has 3 rings (SSSR count). The Hall–Kier alpha value is -0.810. The molecule has 1 spiro atoms. The topological polar surface area (TPSA) is 84.2 Å². The van der Waals surface area contributed by atoms with E-state index in [1.54, 1.807) is 0 Å². The van der Waals surface area contributed by atoms with E-state index in [0.29, 0.717) is 5.92 Å². The summed E-state index contributed by atoms with van der Waals surface area (Å²) in [6.45, 7) is 2.05. The van der Waals surface area contributed by atoms with Crippen molar-refractivity contribution in [3.63, 3.8) is 0 Å². The van der Waals surface area contributed by atoms with Crippen LogP contribution in [0.2, 0.25) is 0 Å². The number of piperidine rings is 1. The summed E-state index contributed by atoms with van der Waals surface area (Å²) in [5, 5.41) is 6.56. The molecule has 3 aliphatic rings. The lowest BCUT2D eigenvalue weighted by molar-refractivity contribution is -0.125. The number of carbonyl (C=O) groups excluding carboxylic acids is 2. The van der Waals surface area contributed by atoms with Gasteiger partial charge in [0.15, 0.2) is 0 Å². The molecule has 4 N–H and O–H groups in total. The molecule has 5 nitrogen and oxygen atoms in total. The maximum atomic E-state index is 12.6. The summed E-state index contributed by atoms with van der Waals surface area (Å²) in [5.74, 6) is 0.448. The molecular formula is C17H30ClN3O2. The van der Waals surface area contributed by atoms with Crippen molar-refractivity contribution >= 4 is 24.2 Å². The van der Waals surface area contributed by atoms with Crippen molar-refractivity contribution in [2.75, 3.05) is 13.1 Å². The molecular weight excluding hydrogens is 314 g/mol. The minimum Gasteiger partial charge on any atom is -0.370 e. The molecule has 0 radical (unpaired) electrons. The van der Waals surface area contributed by atoms with Gasteiger partial charge in [-0.3, -0.25) is 9.59 Å². The van der Waals surface area contributed by atoms with E-state index in [4.69, 9.17) is 5.73 Å². The van der Waals surface area contributed by atoms with E-state index < -0.39 is 0 Å². The molecule has 2 saturated carbocycles. The summed E-state index contributed by atoms with van der Waals surface area (Å²) in [6.07, 6.45) is 9.42. The Morgan fingerprint density at radius 3 is 2.43 bits per heavy atom. The Bertz CT molecular complexity index is 432. The van der Waals surface area contributed by atoms with E-state index >= 15 is 0 Å². The van der Waals surface area contributed by atoms with Gasteiger partial charge in [-0.2, -0.15) is 0 Å². The zero-order valence-electron chi connectivity index (χ0n) is 13.8. The normalized spacial score (nSPS) is 27.7. The molecule has 2 amide bonds. The molecule has 2 unspecified atom stereocenters. The quantitative estimate of drug-likeness (QED) is 0.711. The summed E-state index contributed by atoms with van der Waals surface area (Å²) in [6, 6.07) is -0.0512. The highest BCUT2D eigenvalue weighted by Crippen LogP contribution is 2.58. The Morgan fingerprint density at radius 2 is 1.83 bits per heavy atom. The van der Waals surface area contributed by atoms with Gasteiger partial charge in [0.2, 0.25) is 11.8 Å². The Kier molecular flexibility index (Phi) is 6.32. The average molecular weight is 344 g/mol. The van der Waals surface area contributed by atoms with Crippen molar-refractivity contribution < 1.29 is 9.59 Å². The van der Waals surface area contributed by atoms with Crippen LogP contribution in [-0.4, -0.2) is 30.9 Å². The minimum atomic E-state index is -0.303. The lowest BCUT2D eigenvalue weighted by atomic mass is 9.82. The van der Waals surface area contributed by atoms with E-state index in [0.717, 1.165) is 45.2 Å². The van der Waals surface area contributed by atoms with Crippen LogP contribution in [0.25, 0.3) is 0 Å². The molecule has 23 heavy (non-hydrogen) atoms. The second-order valence-electron chi connectivity index (χ2n) is 7.55. The third kappa shape index (κ3) is 4.38. The van der Waals surface area contributed by atoms with Crippen LogP contribution in [0.3, 0.4) is 0 Å². The molecule has 1 heterocycles. The monoisotopic (exact) mass is 343 g/mol. The first kappa shape index (κ1) is 18.5. The first-order valence-electron chi connectivity index (χ1n) is 8.90. The van der Waals surface area contributed by atoms with Crippen LogP contribution in [0.5, 0.6) is 0 Å². The van der Waals surface area contributed by atoms with Crippen molar-refractivity contribution in [3.05, 3.63) is 0 Å². The van der Waals surface area contributed by atoms with Gasteiger partial charge < -0.3 is 16.4 Å². The van der Waals surface area contributed by atoms with Gasteiger partial charge in [-0.15, -0.1) is 12.4 Å². The Morgan fingerprint density at radius 1 is 1.17 bits per heavy atom. The van der Waals surface area contributed by atoms with Crippen LogP contribution >= 0.6 is 12.4 Å². The van der Waals surface area contributed by atoms with Crippen molar-refractivity contribution in [2.45, 2.75) is 63.8 Å². The van der Waals surface area contributed by atoms with Crippen molar-refractivity contribution in [3.8, 4) is 0 Å². The van der Waals surface area contributed by atoms with Crippen molar-refractivity contribution in [1.29, 1.82) is 0 Å². The predicted molar refractivity (Wildman–Crippen MR) is 92.2 cm³/mol. The molecule has 132 valence electrons. The van der Waals surface area contributed by atoms with Crippen LogP contribution < -0.4 is 16.4 Å². The predicted octanol–water partition coefficient (Wildman–Crippen LogP) is 1.74. The van der Waals surface area contributed by atoms with E-state index in [1.807, 2.05) is 0 Å². The summed E-state index contributed by atoms with van der Waals surface area (Å²) in [7, 11) is 0. The second-order valence-corrected chi connectivity index (χ2v) is 7.55. The number of hydrogen-bond donors (Lipinski definition) is 3. The van der Waals surface area contributed by atoms with Crippen LogP contribution in [-0.2, 0) is 9.59 Å². The highest BCUT2D eigenvalue weighted by molar-refractivity contribution is 5.85. The maximum Gasteiger partial charge on any atom is 0.223 e. The van der Waals surface area contributed by atoms with E-state index in [1.165, 1.54) is 19.3 Å². The fourth-order valence-corrected chi connectivity index (χ4v) is 4.57. The van der Waals surface area contributed by atoms with Gasteiger partial charge in [-0.05, 0) is 56.5 Å². The van der Waals surface area contributed by atoms with Crippen molar-refractivity contribution in [1.82, 2.24) is 10.6 Å². The highest BCUT2D eigenvalue weighted by Gasteiger charge is 2.57. The van der Waals surface area contributed by atoms with Crippen LogP contribution in [0.1, 0.15) is 57.8 Å². The van der Waals surface area contributed by atoms with Crippen molar-refractivity contribution in [2.24, 2.45) is 23.0 Å². The molecule has 0 aromatic rings. The molecule has 0 bridgehead atoms. The lowest BCUT2D eigenvalue weighted by Crippen LogP contribution is -2.45. The molecule has 6 heteroatoms. The molecule has 0 aromatic heterocycles. The zero-order chi connectivity index (χ0) is 15.6. The van der Waals surface area contributed by atoms with Gasteiger partial charge >= 0.3 is 0 Å². The Balaban J connectivity index is 0.00000192. The molecule has 2 aliphatic carbocycles. The van der Waals surface area contributed by atoms with E-state index in [9.17, 15) is 9.59 Å². The van der Waals surface area contributed by atoms with Gasteiger partial charge in [0.25, 0.3) is 0 Å². The van der Waals surface area contributed by atoms with Gasteiger partial charge in [-0.25, -0.2) is 0 Å². The van der Waals surface area contributed by atoms with E-state index in [-0.39, 0.29) is 48.0 Å². The number of nitrogens with one attached hydrogen (secondary N) is 2. The Labute approximate surface area is 144 Å². The van der Waals surface area contributed by atoms with Gasteiger partial charge in [0, 0.05) is 18.4 Å². The number of rotatable bonds is 5. The summed E-state index contributed by atoms with van der Waals surface area (Å²) >= 11 is 0. The number of amides is 2. The van der Waals surface area contributed by atoms with Crippen LogP contribution in [0.15, 0.2) is 0 Å². The zero-order valence-corrected chi connectivity index (χ0v) is 14.6. The number of nitrogens with two attached hydrogens (primary N) is 1. The van der Waals surface area contributed by atoms with E-state index in [2.05, 4.69) is 10.6 Å². The van der Waals surface area contributed by atoms with Gasteiger partial charge in [0.05, 0.1) is 0 Å². The summed E-state index contributed by atoms with van der Waals surface area (Å²) in [5.41, 5.74) is 5.65. The lowest BCUT2D eigenvalue weighted by Gasteiger charge is -2.31. The number of hydrogen-bond acceptors (Lipinski definition) is 3. The molecule has 2 atom stereocenters. The maximum absolute atomic E-state index is 12.6. The molecule has 0 aromatic carbocycles. The largest absolute Gasteiger partial charge is 0.370 e. The molecule has 3 fully saturated rings. The number of carbonyl (C=O) groups is 2. The standard InChI is InChI=1S/C17H29N3O2.ClH/c18-15(21)10-14(12-4-2-1-3-5-12)20-16(22)13-11-17(13)6-8-19-9-7-17;/h12-14,19H,1-11H2,(H2,18,21)(H,20,22);1H. The first-order valence-corrected chi connectivity index (χ1v) is 8.90.